The van der Waals surface area contributed by atoms with Crippen LogP contribution in [0.15, 0.2) is 28.1 Å². The Hall–Kier alpha value is -1.20. The number of aryl methyl sites for hydroxylation is 2. The zero-order chi connectivity index (χ0) is 12.4. The molecule has 0 fully saturated rings. The third-order valence-corrected chi connectivity index (χ3v) is 3.57. The van der Waals surface area contributed by atoms with Crippen LogP contribution in [-0.2, 0) is 0 Å². The van der Waals surface area contributed by atoms with E-state index in [2.05, 4.69) is 26.2 Å². The fourth-order valence-corrected chi connectivity index (χ4v) is 2.34. The second-order valence-electron chi connectivity index (χ2n) is 3.67. The summed E-state index contributed by atoms with van der Waals surface area (Å²) in [6.07, 6.45) is 0. The Labute approximate surface area is 112 Å². The standard InChI is InChI=1S/C12H11BrN2OS/c1-7-3-4-9(13)5-10(7)15-12(16)11-6-17-8(2)14-11/h3-6H,1-2H3,(H,15,16). The van der Waals surface area contributed by atoms with E-state index in [1.165, 1.54) is 11.3 Å². The molecule has 0 aliphatic carbocycles. The van der Waals surface area contributed by atoms with Gasteiger partial charge in [-0.3, -0.25) is 4.79 Å². The predicted molar refractivity (Wildman–Crippen MR) is 73.7 cm³/mol. The molecule has 5 heteroatoms. The normalized spacial score (nSPS) is 10.3. The number of halogens is 1. The van der Waals surface area contributed by atoms with E-state index in [0.717, 1.165) is 20.7 Å². The number of benzene rings is 1. The lowest BCUT2D eigenvalue weighted by atomic mass is 10.2. The number of amides is 1. The summed E-state index contributed by atoms with van der Waals surface area (Å²) in [5, 5.41) is 5.51. The van der Waals surface area contributed by atoms with Crippen molar-refractivity contribution in [3.63, 3.8) is 0 Å². The van der Waals surface area contributed by atoms with Crippen molar-refractivity contribution in [2.24, 2.45) is 0 Å². The van der Waals surface area contributed by atoms with Crippen molar-refractivity contribution in [2.45, 2.75) is 13.8 Å². The Morgan fingerprint density at radius 1 is 1.41 bits per heavy atom. The van der Waals surface area contributed by atoms with Crippen LogP contribution in [0.3, 0.4) is 0 Å². The SMILES string of the molecule is Cc1nc(C(=O)Nc2cc(Br)ccc2C)cs1. The van der Waals surface area contributed by atoms with Crippen LogP contribution in [0, 0.1) is 13.8 Å². The third kappa shape index (κ3) is 2.92. The molecule has 1 heterocycles. The van der Waals surface area contributed by atoms with Gasteiger partial charge >= 0.3 is 0 Å². The van der Waals surface area contributed by atoms with E-state index >= 15 is 0 Å². The van der Waals surface area contributed by atoms with Crippen LogP contribution in [-0.4, -0.2) is 10.9 Å². The van der Waals surface area contributed by atoms with Gasteiger partial charge in [0.15, 0.2) is 0 Å². The van der Waals surface area contributed by atoms with Crippen molar-refractivity contribution in [3.05, 3.63) is 44.3 Å². The van der Waals surface area contributed by atoms with Crippen molar-refractivity contribution >= 4 is 38.9 Å². The molecule has 88 valence electrons. The highest BCUT2D eigenvalue weighted by Gasteiger charge is 2.10. The molecule has 0 radical (unpaired) electrons. The first-order valence-electron chi connectivity index (χ1n) is 5.06. The minimum Gasteiger partial charge on any atom is -0.320 e. The van der Waals surface area contributed by atoms with Gasteiger partial charge in [0, 0.05) is 15.5 Å². The van der Waals surface area contributed by atoms with Crippen molar-refractivity contribution in [2.75, 3.05) is 5.32 Å². The molecule has 0 spiro atoms. The van der Waals surface area contributed by atoms with Crippen molar-refractivity contribution in [1.29, 1.82) is 0 Å². The number of nitrogens with zero attached hydrogens (tertiary/aromatic N) is 1. The lowest BCUT2D eigenvalue weighted by Gasteiger charge is -2.07. The van der Waals surface area contributed by atoms with Gasteiger partial charge in [0.05, 0.1) is 5.01 Å². The van der Waals surface area contributed by atoms with Crippen molar-refractivity contribution < 1.29 is 4.79 Å². The van der Waals surface area contributed by atoms with Gasteiger partial charge < -0.3 is 5.32 Å². The van der Waals surface area contributed by atoms with Crippen molar-refractivity contribution in [3.8, 4) is 0 Å². The summed E-state index contributed by atoms with van der Waals surface area (Å²) < 4.78 is 0.938. The Morgan fingerprint density at radius 2 is 2.18 bits per heavy atom. The molecule has 1 aromatic heterocycles. The minimum absolute atomic E-state index is 0.171. The van der Waals surface area contributed by atoms with Crippen LogP contribution >= 0.6 is 27.3 Å². The van der Waals surface area contributed by atoms with Crippen LogP contribution in [0.25, 0.3) is 0 Å². The second-order valence-corrected chi connectivity index (χ2v) is 5.64. The summed E-state index contributed by atoms with van der Waals surface area (Å²) in [6, 6.07) is 5.77. The molecule has 2 aromatic rings. The number of nitrogens with one attached hydrogen (secondary N) is 1. The maximum Gasteiger partial charge on any atom is 0.275 e. The molecule has 0 atom stereocenters. The number of anilines is 1. The first kappa shape index (κ1) is 12.3. The molecule has 0 saturated carbocycles. The largest absolute Gasteiger partial charge is 0.320 e. The average molecular weight is 311 g/mol. The minimum atomic E-state index is -0.171. The van der Waals surface area contributed by atoms with Gasteiger partial charge in [0.25, 0.3) is 5.91 Å². The van der Waals surface area contributed by atoms with Gasteiger partial charge in [0.2, 0.25) is 0 Å². The summed E-state index contributed by atoms with van der Waals surface area (Å²) in [5.74, 6) is -0.171. The Balaban J connectivity index is 2.21. The summed E-state index contributed by atoms with van der Waals surface area (Å²) >= 11 is 4.85. The first-order chi connectivity index (χ1) is 8.06. The van der Waals surface area contributed by atoms with Crippen LogP contribution in [0.1, 0.15) is 21.1 Å². The number of hydrogen-bond donors (Lipinski definition) is 1. The molecule has 1 amide bonds. The zero-order valence-electron chi connectivity index (χ0n) is 9.45. The number of thiazole rings is 1. The van der Waals surface area contributed by atoms with E-state index in [9.17, 15) is 4.79 Å². The predicted octanol–water partition coefficient (Wildman–Crippen LogP) is 3.77. The molecule has 0 aliphatic rings. The number of hydrogen-bond acceptors (Lipinski definition) is 3. The van der Waals surface area contributed by atoms with E-state index in [4.69, 9.17) is 0 Å². The molecule has 0 saturated heterocycles. The van der Waals surface area contributed by atoms with E-state index in [-0.39, 0.29) is 5.91 Å². The Morgan fingerprint density at radius 3 is 2.82 bits per heavy atom. The van der Waals surface area contributed by atoms with E-state index in [1.54, 1.807) is 5.38 Å². The van der Waals surface area contributed by atoms with E-state index in [0.29, 0.717) is 5.69 Å². The van der Waals surface area contributed by atoms with Gasteiger partial charge in [-0.15, -0.1) is 11.3 Å². The van der Waals surface area contributed by atoms with Crippen molar-refractivity contribution in [1.82, 2.24) is 4.98 Å². The summed E-state index contributed by atoms with van der Waals surface area (Å²) in [5.41, 5.74) is 2.29. The molecule has 0 bridgehead atoms. The quantitative estimate of drug-likeness (QED) is 0.917. The van der Waals surface area contributed by atoms with Gasteiger partial charge in [-0.25, -0.2) is 4.98 Å². The maximum absolute atomic E-state index is 11.9. The average Bonchev–Trinajstić information content (AvgIpc) is 2.70. The number of carbonyl (C=O) groups excluding carboxylic acids is 1. The molecule has 1 N–H and O–H groups in total. The van der Waals surface area contributed by atoms with Crippen LogP contribution in [0.2, 0.25) is 0 Å². The molecule has 3 nitrogen and oxygen atoms in total. The molecular weight excluding hydrogens is 300 g/mol. The fraction of sp³-hybridized carbons (Fsp3) is 0.167. The number of carbonyl (C=O) groups is 1. The highest BCUT2D eigenvalue weighted by Crippen LogP contribution is 2.21. The number of aromatic nitrogens is 1. The van der Waals surface area contributed by atoms with Crippen LogP contribution in [0.4, 0.5) is 5.69 Å². The summed E-state index contributed by atoms with van der Waals surface area (Å²) in [4.78, 5) is 16.1. The summed E-state index contributed by atoms with van der Waals surface area (Å²) in [7, 11) is 0. The molecule has 2 rings (SSSR count). The molecule has 0 aliphatic heterocycles. The monoisotopic (exact) mass is 310 g/mol. The molecule has 0 unspecified atom stereocenters. The smallest absolute Gasteiger partial charge is 0.275 e. The topological polar surface area (TPSA) is 42.0 Å². The van der Waals surface area contributed by atoms with Gasteiger partial charge in [-0.2, -0.15) is 0 Å². The summed E-state index contributed by atoms with van der Waals surface area (Å²) in [6.45, 7) is 3.83. The lowest BCUT2D eigenvalue weighted by molar-refractivity contribution is 0.102. The number of rotatable bonds is 2. The van der Waals surface area contributed by atoms with Gasteiger partial charge in [0.1, 0.15) is 5.69 Å². The Kier molecular flexibility index (Phi) is 3.59. The molecule has 1 aromatic carbocycles. The lowest BCUT2D eigenvalue weighted by Crippen LogP contribution is -2.13. The second kappa shape index (κ2) is 4.98. The molecular formula is C12H11BrN2OS. The third-order valence-electron chi connectivity index (χ3n) is 2.30. The van der Waals surface area contributed by atoms with Gasteiger partial charge in [-0.1, -0.05) is 22.0 Å². The van der Waals surface area contributed by atoms with E-state index < -0.39 is 0 Å². The first-order valence-corrected chi connectivity index (χ1v) is 6.73. The van der Waals surface area contributed by atoms with E-state index in [1.807, 2.05) is 32.0 Å². The van der Waals surface area contributed by atoms with Crippen LogP contribution < -0.4 is 5.32 Å². The highest BCUT2D eigenvalue weighted by molar-refractivity contribution is 9.10. The van der Waals surface area contributed by atoms with Crippen LogP contribution in [0.5, 0.6) is 0 Å². The maximum atomic E-state index is 11.9. The highest BCUT2D eigenvalue weighted by atomic mass is 79.9. The fourth-order valence-electron chi connectivity index (χ4n) is 1.38. The zero-order valence-corrected chi connectivity index (χ0v) is 11.9. The van der Waals surface area contributed by atoms with Gasteiger partial charge in [-0.05, 0) is 31.5 Å². The molecule has 17 heavy (non-hydrogen) atoms. The Bertz CT molecular complexity index is 565.